The van der Waals surface area contributed by atoms with Gasteiger partial charge in [0.25, 0.3) is 0 Å². The molecule has 0 bridgehead atoms. The van der Waals surface area contributed by atoms with Gasteiger partial charge in [0.15, 0.2) is 0 Å². The summed E-state index contributed by atoms with van der Waals surface area (Å²) in [6, 6.07) is 13.1. The van der Waals surface area contributed by atoms with Crippen LogP contribution in [0, 0.1) is 0 Å². The van der Waals surface area contributed by atoms with Crippen molar-refractivity contribution in [3.8, 4) is 0 Å². The predicted octanol–water partition coefficient (Wildman–Crippen LogP) is 4.19. The zero-order valence-electron chi connectivity index (χ0n) is 16.5. The number of aliphatic imine (C=N–C) groups is 1. The van der Waals surface area contributed by atoms with Crippen molar-refractivity contribution in [3.05, 3.63) is 42.0 Å². The Kier molecular flexibility index (Phi) is 11.3. The molecule has 1 aliphatic heterocycles. The van der Waals surface area contributed by atoms with E-state index in [4.69, 9.17) is 4.99 Å². The molecule has 0 aliphatic carbocycles. The summed E-state index contributed by atoms with van der Waals surface area (Å²) in [7, 11) is 8.47. The van der Waals surface area contributed by atoms with Gasteiger partial charge in [-0.1, -0.05) is 30.3 Å². The lowest BCUT2D eigenvalue weighted by Gasteiger charge is -2.23. The third-order valence-corrected chi connectivity index (χ3v) is 4.47. The van der Waals surface area contributed by atoms with E-state index in [1.54, 1.807) is 0 Å². The Morgan fingerprint density at radius 2 is 1.48 bits per heavy atom. The van der Waals surface area contributed by atoms with Crippen LogP contribution in [-0.4, -0.2) is 70.0 Å². The molecular weight excluding hydrogens is 403 g/mol. The maximum absolute atomic E-state index is 4.99. The highest BCUT2D eigenvalue weighted by Crippen LogP contribution is 2.37. The molecule has 0 spiro atoms. The summed E-state index contributed by atoms with van der Waals surface area (Å²) in [6.07, 6.45) is 1.09. The molecule has 0 N–H and O–H groups in total. The molecule has 0 saturated carbocycles. The summed E-state index contributed by atoms with van der Waals surface area (Å²) >= 11 is 0. The van der Waals surface area contributed by atoms with Gasteiger partial charge < -0.3 is 14.7 Å². The molecule has 0 fully saturated rings. The maximum Gasteiger partial charge on any atom is 0.136 e. The average Bonchev–Trinajstić information content (AvgIpc) is 2.85. The summed E-state index contributed by atoms with van der Waals surface area (Å²) in [5, 5.41) is 2.66. The number of benzene rings is 2. The molecule has 0 amide bonds. The van der Waals surface area contributed by atoms with E-state index in [0.717, 1.165) is 38.4 Å². The fourth-order valence-corrected chi connectivity index (χ4v) is 3.26. The Bertz CT molecular complexity index is 742. The van der Waals surface area contributed by atoms with E-state index in [0.29, 0.717) is 0 Å². The Morgan fingerprint density at radius 3 is 2.11 bits per heavy atom. The molecule has 2 aromatic carbocycles. The topological polar surface area (TPSA) is 22.1 Å². The van der Waals surface area contributed by atoms with Crippen molar-refractivity contribution >= 4 is 59.5 Å². The molecule has 0 aromatic heterocycles. The average molecular weight is 434 g/mol. The SMILES string of the molecule is CN(C)CCC/N=C1/c2cccc3cccc(c23)N1CCN(C)C.Cl.Cl.Cl. The van der Waals surface area contributed by atoms with Gasteiger partial charge in [-0.3, -0.25) is 4.99 Å². The lowest BCUT2D eigenvalue weighted by Crippen LogP contribution is -2.34. The molecule has 0 unspecified atom stereocenters. The van der Waals surface area contributed by atoms with E-state index in [2.05, 4.69) is 79.3 Å². The Labute approximate surface area is 181 Å². The summed E-state index contributed by atoms with van der Waals surface area (Å²) in [4.78, 5) is 11.8. The first-order valence-electron chi connectivity index (χ1n) is 8.71. The Hall–Kier alpha value is -1.04. The van der Waals surface area contributed by atoms with Crippen LogP contribution in [0.5, 0.6) is 0 Å². The highest BCUT2D eigenvalue weighted by molar-refractivity contribution is 6.27. The Balaban J connectivity index is 0.00000225. The lowest BCUT2D eigenvalue weighted by molar-refractivity contribution is 0.403. The van der Waals surface area contributed by atoms with E-state index in [1.807, 2.05) is 0 Å². The zero-order valence-corrected chi connectivity index (χ0v) is 19.0. The van der Waals surface area contributed by atoms with Crippen LogP contribution in [0.3, 0.4) is 0 Å². The molecular formula is C20H31Cl3N4. The molecule has 2 aromatic rings. The van der Waals surface area contributed by atoms with Gasteiger partial charge in [-0.2, -0.15) is 0 Å². The van der Waals surface area contributed by atoms with Crippen LogP contribution >= 0.6 is 37.2 Å². The molecule has 27 heavy (non-hydrogen) atoms. The first kappa shape index (κ1) is 26.0. The van der Waals surface area contributed by atoms with Gasteiger partial charge in [-0.15, -0.1) is 37.2 Å². The third-order valence-electron chi connectivity index (χ3n) is 4.47. The van der Waals surface area contributed by atoms with Crippen LogP contribution in [0.1, 0.15) is 12.0 Å². The molecule has 1 aliphatic rings. The smallest absolute Gasteiger partial charge is 0.136 e. The monoisotopic (exact) mass is 432 g/mol. The van der Waals surface area contributed by atoms with Gasteiger partial charge in [0.1, 0.15) is 5.84 Å². The number of likely N-dealkylation sites (N-methyl/N-ethyl adjacent to an activating group) is 1. The van der Waals surface area contributed by atoms with Crippen LogP contribution in [-0.2, 0) is 0 Å². The largest absolute Gasteiger partial charge is 0.324 e. The van der Waals surface area contributed by atoms with Crippen molar-refractivity contribution in [3.63, 3.8) is 0 Å². The summed E-state index contributed by atoms with van der Waals surface area (Å²) in [5.74, 6) is 1.14. The third kappa shape index (κ3) is 5.97. The number of anilines is 1. The highest BCUT2D eigenvalue weighted by Gasteiger charge is 2.27. The van der Waals surface area contributed by atoms with Gasteiger partial charge in [-0.25, -0.2) is 0 Å². The first-order chi connectivity index (χ1) is 11.6. The lowest BCUT2D eigenvalue weighted by atomic mass is 10.1. The first-order valence-corrected chi connectivity index (χ1v) is 8.71. The summed E-state index contributed by atoms with van der Waals surface area (Å²) in [6.45, 7) is 3.93. The van der Waals surface area contributed by atoms with Crippen LogP contribution in [0.15, 0.2) is 41.4 Å². The quantitative estimate of drug-likeness (QED) is 0.611. The predicted molar refractivity (Wildman–Crippen MR) is 126 cm³/mol. The van der Waals surface area contributed by atoms with Crippen LogP contribution in [0.2, 0.25) is 0 Å². The number of rotatable bonds is 7. The number of hydrogen-bond donors (Lipinski definition) is 0. The second-order valence-corrected chi connectivity index (χ2v) is 7.00. The molecule has 152 valence electrons. The van der Waals surface area contributed by atoms with Crippen LogP contribution in [0.25, 0.3) is 10.8 Å². The van der Waals surface area contributed by atoms with Gasteiger partial charge in [0.05, 0.1) is 5.69 Å². The highest BCUT2D eigenvalue weighted by atomic mass is 35.5. The molecule has 1 heterocycles. The van der Waals surface area contributed by atoms with Gasteiger partial charge >= 0.3 is 0 Å². The minimum atomic E-state index is 0. The van der Waals surface area contributed by atoms with Gasteiger partial charge in [0, 0.05) is 30.6 Å². The number of halogens is 3. The van der Waals surface area contributed by atoms with Gasteiger partial charge in [-0.05, 0) is 52.6 Å². The summed E-state index contributed by atoms with van der Waals surface area (Å²) in [5.41, 5.74) is 2.59. The van der Waals surface area contributed by atoms with E-state index in [-0.39, 0.29) is 37.2 Å². The van der Waals surface area contributed by atoms with Crippen LogP contribution < -0.4 is 4.90 Å². The van der Waals surface area contributed by atoms with Crippen LogP contribution in [0.4, 0.5) is 5.69 Å². The minimum Gasteiger partial charge on any atom is -0.324 e. The molecule has 3 rings (SSSR count). The summed E-state index contributed by atoms with van der Waals surface area (Å²) < 4.78 is 0. The Morgan fingerprint density at radius 1 is 0.852 bits per heavy atom. The fourth-order valence-electron chi connectivity index (χ4n) is 3.26. The maximum atomic E-state index is 4.99. The van der Waals surface area contributed by atoms with Crippen molar-refractivity contribution in [2.75, 3.05) is 59.3 Å². The number of hydrogen-bond acceptors (Lipinski definition) is 3. The second-order valence-electron chi connectivity index (χ2n) is 7.00. The van der Waals surface area contributed by atoms with Gasteiger partial charge in [0.2, 0.25) is 0 Å². The standard InChI is InChI=1S/C20H28N4.3ClH/c1-22(2)13-7-12-21-20-17-10-5-8-16-9-6-11-18(19(16)17)24(20)15-14-23(3)4;;;/h5-6,8-11H,7,12-15H2,1-4H3;3*1H/b21-20-;;;. The van der Waals surface area contributed by atoms with Crippen molar-refractivity contribution in [2.24, 2.45) is 4.99 Å². The van der Waals surface area contributed by atoms with E-state index < -0.39 is 0 Å². The number of nitrogens with zero attached hydrogens (tertiary/aromatic N) is 4. The van der Waals surface area contributed by atoms with E-state index in [1.165, 1.54) is 22.0 Å². The van der Waals surface area contributed by atoms with Crippen molar-refractivity contribution in [2.45, 2.75) is 6.42 Å². The molecule has 7 heteroatoms. The number of amidine groups is 1. The van der Waals surface area contributed by atoms with E-state index >= 15 is 0 Å². The molecule has 0 saturated heterocycles. The molecule has 0 atom stereocenters. The van der Waals surface area contributed by atoms with Crippen molar-refractivity contribution < 1.29 is 0 Å². The molecule has 4 nitrogen and oxygen atoms in total. The van der Waals surface area contributed by atoms with Crippen molar-refractivity contribution in [1.29, 1.82) is 0 Å². The molecule has 0 radical (unpaired) electrons. The van der Waals surface area contributed by atoms with Crippen molar-refractivity contribution in [1.82, 2.24) is 9.80 Å². The normalized spacial score (nSPS) is 13.7. The minimum absolute atomic E-state index is 0. The zero-order chi connectivity index (χ0) is 17.1. The fraction of sp³-hybridized carbons (Fsp3) is 0.450. The van der Waals surface area contributed by atoms with E-state index in [9.17, 15) is 0 Å². The second kappa shape index (κ2) is 11.7.